The summed E-state index contributed by atoms with van der Waals surface area (Å²) in [6.45, 7) is 2.09. The third-order valence-electron chi connectivity index (χ3n) is 2.93. The largest absolute Gasteiger partial charge is 0.214 e. The van der Waals surface area contributed by atoms with Gasteiger partial charge < -0.3 is 0 Å². The van der Waals surface area contributed by atoms with Crippen LogP contribution in [-0.2, 0) is 5.75 Å². The molecule has 1 aromatic heterocycles. The molecule has 0 amide bonds. The van der Waals surface area contributed by atoms with Crippen molar-refractivity contribution >= 4 is 11.8 Å². The van der Waals surface area contributed by atoms with Crippen LogP contribution in [0.3, 0.4) is 0 Å². The number of tetrazole rings is 1. The van der Waals surface area contributed by atoms with E-state index < -0.39 is 0 Å². The molecule has 3 rings (SSSR count). The Morgan fingerprint density at radius 3 is 2.50 bits per heavy atom. The highest BCUT2D eigenvalue weighted by atomic mass is 32.2. The summed E-state index contributed by atoms with van der Waals surface area (Å²) in [6, 6.07) is 18.4. The quantitative estimate of drug-likeness (QED) is 0.689. The van der Waals surface area contributed by atoms with E-state index in [1.807, 2.05) is 30.3 Å². The summed E-state index contributed by atoms with van der Waals surface area (Å²) in [5.74, 6) is 0.855. The van der Waals surface area contributed by atoms with Gasteiger partial charge in [-0.25, -0.2) is 0 Å². The molecule has 0 spiro atoms. The molecule has 0 aliphatic carbocycles. The lowest BCUT2D eigenvalue weighted by molar-refractivity contribution is 0.756. The summed E-state index contributed by atoms with van der Waals surface area (Å²) in [7, 11) is 0. The van der Waals surface area contributed by atoms with E-state index in [1.165, 1.54) is 11.1 Å². The molecule has 20 heavy (non-hydrogen) atoms. The number of hydrogen-bond acceptors (Lipinski definition) is 4. The first kappa shape index (κ1) is 12.9. The molecule has 0 saturated heterocycles. The normalized spacial score (nSPS) is 10.7. The van der Waals surface area contributed by atoms with Gasteiger partial charge in [0.25, 0.3) is 0 Å². The van der Waals surface area contributed by atoms with Crippen molar-refractivity contribution < 1.29 is 0 Å². The second-order valence-corrected chi connectivity index (χ2v) is 5.43. The maximum absolute atomic E-state index is 4.09. The summed E-state index contributed by atoms with van der Waals surface area (Å²) in [4.78, 5) is 0. The summed E-state index contributed by atoms with van der Waals surface area (Å²) >= 11 is 1.63. The molecule has 0 aliphatic heterocycles. The van der Waals surface area contributed by atoms with Gasteiger partial charge in [0.2, 0.25) is 5.16 Å². The summed E-state index contributed by atoms with van der Waals surface area (Å²) in [5.41, 5.74) is 3.51. The molecule has 0 radical (unpaired) electrons. The molecule has 100 valence electrons. The minimum Gasteiger partial charge on any atom is -0.188 e. The number of para-hydroxylation sites is 1. The van der Waals surface area contributed by atoms with Gasteiger partial charge in [0.05, 0.1) is 5.69 Å². The topological polar surface area (TPSA) is 43.6 Å². The standard InChI is InChI=1S/C15H14N4S/c1-12-7-9-13(10-8-12)11-20-15-16-17-18-19(15)14-5-3-2-4-6-14/h2-10H,11H2,1H3. The van der Waals surface area contributed by atoms with E-state index in [2.05, 4.69) is 46.7 Å². The molecule has 0 N–H and O–H groups in total. The van der Waals surface area contributed by atoms with Crippen LogP contribution in [0.1, 0.15) is 11.1 Å². The molecule has 0 unspecified atom stereocenters. The Morgan fingerprint density at radius 2 is 1.75 bits per heavy atom. The van der Waals surface area contributed by atoms with Gasteiger partial charge in [-0.15, -0.1) is 5.10 Å². The van der Waals surface area contributed by atoms with Gasteiger partial charge in [-0.1, -0.05) is 59.8 Å². The average Bonchev–Trinajstić information content (AvgIpc) is 2.96. The second-order valence-electron chi connectivity index (χ2n) is 4.48. The van der Waals surface area contributed by atoms with Gasteiger partial charge in [-0.2, -0.15) is 4.68 Å². The van der Waals surface area contributed by atoms with Gasteiger partial charge in [-0.3, -0.25) is 0 Å². The van der Waals surface area contributed by atoms with Crippen LogP contribution in [0.5, 0.6) is 0 Å². The van der Waals surface area contributed by atoms with Crippen molar-refractivity contribution in [3.8, 4) is 5.69 Å². The van der Waals surface area contributed by atoms with Gasteiger partial charge in [0, 0.05) is 5.75 Å². The van der Waals surface area contributed by atoms with Crippen LogP contribution in [0.25, 0.3) is 5.69 Å². The Morgan fingerprint density at radius 1 is 1.00 bits per heavy atom. The zero-order valence-electron chi connectivity index (χ0n) is 11.1. The lowest BCUT2D eigenvalue weighted by atomic mass is 10.2. The Kier molecular flexibility index (Phi) is 3.78. The second kappa shape index (κ2) is 5.88. The molecule has 0 atom stereocenters. The first-order valence-corrected chi connectivity index (χ1v) is 7.33. The maximum atomic E-state index is 4.09. The SMILES string of the molecule is Cc1ccc(CSc2nnnn2-c2ccccc2)cc1. The van der Waals surface area contributed by atoms with Crippen LogP contribution in [0, 0.1) is 6.92 Å². The number of thioether (sulfide) groups is 1. The van der Waals surface area contributed by atoms with Crippen LogP contribution in [-0.4, -0.2) is 20.2 Å². The molecule has 0 aliphatic rings. The van der Waals surface area contributed by atoms with Crippen molar-refractivity contribution in [1.29, 1.82) is 0 Å². The van der Waals surface area contributed by atoms with Crippen molar-refractivity contribution in [3.05, 3.63) is 65.7 Å². The van der Waals surface area contributed by atoms with Crippen LogP contribution in [0.4, 0.5) is 0 Å². The fourth-order valence-electron chi connectivity index (χ4n) is 1.83. The van der Waals surface area contributed by atoms with Gasteiger partial charge in [0.15, 0.2) is 0 Å². The predicted molar refractivity (Wildman–Crippen MR) is 79.9 cm³/mol. The van der Waals surface area contributed by atoms with Crippen LogP contribution in [0.15, 0.2) is 59.8 Å². The van der Waals surface area contributed by atoms with E-state index in [9.17, 15) is 0 Å². The fourth-order valence-corrected chi connectivity index (χ4v) is 2.68. The Hall–Kier alpha value is -2.14. The minimum atomic E-state index is 0.803. The first-order chi connectivity index (χ1) is 9.83. The molecule has 4 nitrogen and oxygen atoms in total. The number of nitrogens with zero attached hydrogens (tertiary/aromatic N) is 4. The monoisotopic (exact) mass is 282 g/mol. The van der Waals surface area contributed by atoms with Crippen LogP contribution >= 0.6 is 11.8 Å². The fraction of sp³-hybridized carbons (Fsp3) is 0.133. The summed E-state index contributed by atoms with van der Waals surface area (Å²) in [6.07, 6.45) is 0. The summed E-state index contributed by atoms with van der Waals surface area (Å²) in [5, 5.41) is 12.7. The van der Waals surface area contributed by atoms with E-state index in [0.29, 0.717) is 0 Å². The molecular formula is C15H14N4S. The first-order valence-electron chi connectivity index (χ1n) is 6.35. The van der Waals surface area contributed by atoms with Crippen molar-refractivity contribution in [2.45, 2.75) is 17.8 Å². The van der Waals surface area contributed by atoms with Crippen molar-refractivity contribution in [2.24, 2.45) is 0 Å². The van der Waals surface area contributed by atoms with Gasteiger partial charge >= 0.3 is 0 Å². The molecule has 1 heterocycles. The number of aryl methyl sites for hydroxylation is 1. The Balaban J connectivity index is 1.76. The van der Waals surface area contributed by atoms with Crippen molar-refractivity contribution in [3.63, 3.8) is 0 Å². The number of hydrogen-bond donors (Lipinski definition) is 0. The third-order valence-corrected chi connectivity index (χ3v) is 3.92. The van der Waals surface area contributed by atoms with E-state index >= 15 is 0 Å². The van der Waals surface area contributed by atoms with E-state index in [0.717, 1.165) is 16.6 Å². The molecule has 2 aromatic carbocycles. The predicted octanol–water partition coefficient (Wildman–Crippen LogP) is 3.26. The zero-order valence-corrected chi connectivity index (χ0v) is 11.9. The van der Waals surface area contributed by atoms with Gasteiger partial charge in [0.1, 0.15) is 0 Å². The molecular weight excluding hydrogens is 268 g/mol. The van der Waals surface area contributed by atoms with E-state index in [-0.39, 0.29) is 0 Å². The number of aromatic nitrogens is 4. The average molecular weight is 282 g/mol. The Labute approximate surface area is 121 Å². The number of rotatable bonds is 4. The van der Waals surface area contributed by atoms with E-state index in [4.69, 9.17) is 0 Å². The highest BCUT2D eigenvalue weighted by Gasteiger charge is 2.08. The Bertz CT molecular complexity index is 677. The molecule has 0 bridgehead atoms. The minimum absolute atomic E-state index is 0.803. The van der Waals surface area contributed by atoms with Gasteiger partial charge in [-0.05, 0) is 35.0 Å². The molecule has 5 heteroatoms. The van der Waals surface area contributed by atoms with Crippen molar-refractivity contribution in [2.75, 3.05) is 0 Å². The summed E-state index contributed by atoms with van der Waals surface area (Å²) < 4.78 is 1.76. The van der Waals surface area contributed by atoms with E-state index in [1.54, 1.807) is 16.4 Å². The lowest BCUT2D eigenvalue weighted by Crippen LogP contribution is -1.98. The highest BCUT2D eigenvalue weighted by Crippen LogP contribution is 2.22. The molecule has 0 fully saturated rings. The molecule has 3 aromatic rings. The third kappa shape index (κ3) is 2.88. The lowest BCUT2D eigenvalue weighted by Gasteiger charge is -2.04. The molecule has 0 saturated carbocycles. The maximum Gasteiger partial charge on any atom is 0.214 e. The zero-order chi connectivity index (χ0) is 13.8. The van der Waals surface area contributed by atoms with Crippen molar-refractivity contribution in [1.82, 2.24) is 20.2 Å². The van der Waals surface area contributed by atoms with Crippen LogP contribution < -0.4 is 0 Å². The number of benzene rings is 2. The van der Waals surface area contributed by atoms with Crippen LogP contribution in [0.2, 0.25) is 0 Å². The highest BCUT2D eigenvalue weighted by molar-refractivity contribution is 7.98. The smallest absolute Gasteiger partial charge is 0.188 e.